The van der Waals surface area contributed by atoms with E-state index in [4.69, 9.17) is 0 Å². The lowest BCUT2D eigenvalue weighted by Crippen LogP contribution is -2.00. The lowest BCUT2D eigenvalue weighted by atomic mass is 10.1. The summed E-state index contributed by atoms with van der Waals surface area (Å²) in [4.78, 5) is 12.6. The molecule has 13 heavy (non-hydrogen) atoms. The molecule has 68 valence electrons. The van der Waals surface area contributed by atoms with E-state index in [0.29, 0.717) is 0 Å². The van der Waals surface area contributed by atoms with E-state index in [2.05, 4.69) is 0 Å². The van der Waals surface area contributed by atoms with Gasteiger partial charge in [0.2, 0.25) is 0 Å². The predicted molar refractivity (Wildman–Crippen MR) is 54.6 cm³/mol. The van der Waals surface area contributed by atoms with Crippen molar-refractivity contribution < 1.29 is 4.79 Å². The smallest absolute Gasteiger partial charge is 0.150 e. The van der Waals surface area contributed by atoms with Crippen molar-refractivity contribution in [3.63, 3.8) is 0 Å². The molecule has 1 rings (SSSR count). The molecule has 1 aromatic carbocycles. The molecule has 0 spiro atoms. The summed E-state index contributed by atoms with van der Waals surface area (Å²) in [6, 6.07) is 7.51. The van der Waals surface area contributed by atoms with Gasteiger partial charge in [0, 0.05) is 19.7 Å². The van der Waals surface area contributed by atoms with Crippen LogP contribution in [0.15, 0.2) is 30.5 Å². The maximum atomic E-state index is 10.6. The number of nitrogens with zero attached hydrogens (tertiary/aromatic N) is 1. The quantitative estimate of drug-likeness (QED) is 0.655. The van der Waals surface area contributed by atoms with Crippen LogP contribution in [0, 0.1) is 0 Å². The third-order valence-electron chi connectivity index (χ3n) is 1.68. The summed E-state index contributed by atoms with van der Waals surface area (Å²) >= 11 is 0. The highest BCUT2D eigenvalue weighted by molar-refractivity contribution is 5.81. The Morgan fingerprint density at radius 1 is 1.15 bits per heavy atom. The Kier molecular flexibility index (Phi) is 3.26. The molecule has 1 aromatic rings. The van der Waals surface area contributed by atoms with Crippen LogP contribution in [0.1, 0.15) is 15.9 Å². The van der Waals surface area contributed by atoms with E-state index in [9.17, 15) is 4.79 Å². The maximum absolute atomic E-state index is 10.6. The number of carbonyl (C=O) groups is 1. The van der Waals surface area contributed by atoms with Gasteiger partial charge in [0.25, 0.3) is 0 Å². The fourth-order valence-corrected chi connectivity index (χ4v) is 0.999. The van der Waals surface area contributed by atoms with Crippen molar-refractivity contribution in [3.05, 3.63) is 41.6 Å². The van der Waals surface area contributed by atoms with Gasteiger partial charge in [-0.15, -0.1) is 0 Å². The Balaban J connectivity index is 2.93. The first-order valence-corrected chi connectivity index (χ1v) is 4.13. The summed E-state index contributed by atoms with van der Waals surface area (Å²) in [5, 5.41) is 0. The lowest BCUT2D eigenvalue weighted by molar-refractivity contribution is 0.112. The van der Waals surface area contributed by atoms with Crippen LogP contribution in [0.3, 0.4) is 0 Å². The van der Waals surface area contributed by atoms with E-state index in [-0.39, 0.29) is 0 Å². The van der Waals surface area contributed by atoms with Crippen molar-refractivity contribution in [3.8, 4) is 0 Å². The molecular weight excluding hydrogens is 162 g/mol. The number of hydrogen-bond donors (Lipinski definition) is 0. The van der Waals surface area contributed by atoms with E-state index < -0.39 is 0 Å². The fraction of sp³-hybridized carbons (Fsp3) is 0.182. The van der Waals surface area contributed by atoms with E-state index >= 15 is 0 Å². The Morgan fingerprint density at radius 2 is 1.77 bits per heavy atom. The monoisotopic (exact) mass is 175 g/mol. The number of carbonyl (C=O) groups excluding carboxylic acids is 1. The van der Waals surface area contributed by atoms with Crippen LogP contribution in [-0.2, 0) is 0 Å². The number of benzene rings is 1. The topological polar surface area (TPSA) is 20.3 Å². The summed E-state index contributed by atoms with van der Waals surface area (Å²) in [6.07, 6.45) is 4.71. The van der Waals surface area contributed by atoms with Crippen molar-refractivity contribution in [2.24, 2.45) is 0 Å². The molecule has 0 aliphatic rings. The molecule has 0 unspecified atom stereocenters. The fourth-order valence-electron chi connectivity index (χ4n) is 0.999. The summed E-state index contributed by atoms with van der Waals surface area (Å²) in [6.45, 7) is 0. The van der Waals surface area contributed by atoms with Crippen LogP contribution in [0.2, 0.25) is 0 Å². The van der Waals surface area contributed by atoms with Gasteiger partial charge in [-0.05, 0) is 17.8 Å². The summed E-state index contributed by atoms with van der Waals surface area (Å²) < 4.78 is 0. The molecule has 0 aromatic heterocycles. The highest BCUT2D eigenvalue weighted by atomic mass is 16.1. The van der Waals surface area contributed by atoms with Crippen molar-refractivity contribution in [2.75, 3.05) is 14.1 Å². The first kappa shape index (κ1) is 9.52. The molecule has 0 fully saturated rings. The highest BCUT2D eigenvalue weighted by Crippen LogP contribution is 2.07. The minimum atomic E-state index is 0.723. The summed E-state index contributed by atoms with van der Waals surface area (Å²) in [7, 11) is 3.89. The van der Waals surface area contributed by atoms with Gasteiger partial charge >= 0.3 is 0 Å². The third-order valence-corrected chi connectivity index (χ3v) is 1.68. The number of aldehydes is 1. The van der Waals surface area contributed by atoms with Gasteiger partial charge in [-0.3, -0.25) is 4.79 Å². The SMILES string of the molecule is CN(C)/C=C\c1ccccc1C=O. The molecule has 0 radical (unpaired) electrons. The van der Waals surface area contributed by atoms with Gasteiger partial charge in [0.05, 0.1) is 0 Å². The Hall–Kier alpha value is -1.57. The molecule has 0 heterocycles. The zero-order valence-corrected chi connectivity index (χ0v) is 7.90. The van der Waals surface area contributed by atoms with Gasteiger partial charge in [0.1, 0.15) is 0 Å². The van der Waals surface area contributed by atoms with Crippen molar-refractivity contribution >= 4 is 12.4 Å². The van der Waals surface area contributed by atoms with Crippen LogP contribution >= 0.6 is 0 Å². The Morgan fingerprint density at radius 3 is 2.31 bits per heavy atom. The maximum Gasteiger partial charge on any atom is 0.150 e. The number of rotatable bonds is 3. The second-order valence-corrected chi connectivity index (χ2v) is 3.03. The Labute approximate surface area is 78.5 Å². The second-order valence-electron chi connectivity index (χ2n) is 3.03. The first-order chi connectivity index (χ1) is 6.24. The normalized spacial score (nSPS) is 10.3. The molecule has 0 aliphatic heterocycles. The molecule has 2 nitrogen and oxygen atoms in total. The number of hydrogen-bond acceptors (Lipinski definition) is 2. The zero-order valence-electron chi connectivity index (χ0n) is 7.90. The van der Waals surface area contributed by atoms with Crippen molar-refractivity contribution in [2.45, 2.75) is 0 Å². The van der Waals surface area contributed by atoms with Crippen molar-refractivity contribution in [1.29, 1.82) is 0 Å². The van der Waals surface area contributed by atoms with Crippen LogP contribution in [0.4, 0.5) is 0 Å². The predicted octanol–water partition coefficient (Wildman–Crippen LogP) is 2.03. The van der Waals surface area contributed by atoms with Crippen LogP contribution in [-0.4, -0.2) is 25.3 Å². The van der Waals surface area contributed by atoms with E-state index in [0.717, 1.165) is 17.4 Å². The van der Waals surface area contributed by atoms with Crippen LogP contribution < -0.4 is 0 Å². The molecule has 0 N–H and O–H groups in total. The van der Waals surface area contributed by atoms with E-state index in [1.807, 2.05) is 55.5 Å². The van der Waals surface area contributed by atoms with E-state index in [1.165, 1.54) is 0 Å². The van der Waals surface area contributed by atoms with Gasteiger partial charge < -0.3 is 4.90 Å². The van der Waals surface area contributed by atoms with Crippen molar-refractivity contribution in [1.82, 2.24) is 4.90 Å². The third kappa shape index (κ3) is 2.75. The average Bonchev–Trinajstić information content (AvgIpc) is 2.15. The molecule has 2 heteroatoms. The zero-order chi connectivity index (χ0) is 9.68. The van der Waals surface area contributed by atoms with Gasteiger partial charge in [-0.25, -0.2) is 0 Å². The van der Waals surface area contributed by atoms with Gasteiger partial charge in [-0.2, -0.15) is 0 Å². The van der Waals surface area contributed by atoms with E-state index in [1.54, 1.807) is 0 Å². The highest BCUT2D eigenvalue weighted by Gasteiger charge is 1.94. The summed E-state index contributed by atoms with van der Waals surface area (Å²) in [5.41, 5.74) is 1.67. The average molecular weight is 175 g/mol. The largest absolute Gasteiger partial charge is 0.383 e. The molecule has 0 bridgehead atoms. The molecule has 0 aliphatic carbocycles. The molecule has 0 saturated heterocycles. The van der Waals surface area contributed by atoms with Crippen LogP contribution in [0.5, 0.6) is 0 Å². The molecular formula is C11H13NO. The lowest BCUT2D eigenvalue weighted by Gasteiger charge is -2.03. The molecule has 0 amide bonds. The van der Waals surface area contributed by atoms with Crippen LogP contribution in [0.25, 0.3) is 6.08 Å². The van der Waals surface area contributed by atoms with Gasteiger partial charge in [-0.1, -0.05) is 24.3 Å². The standard InChI is InChI=1S/C11H13NO/c1-12(2)8-7-10-5-3-4-6-11(10)9-13/h3-9H,1-2H3/b8-7-. The van der Waals surface area contributed by atoms with Gasteiger partial charge in [0.15, 0.2) is 6.29 Å². The molecule has 0 saturated carbocycles. The first-order valence-electron chi connectivity index (χ1n) is 4.13. The minimum absolute atomic E-state index is 0.723. The second kappa shape index (κ2) is 4.45. The Bertz CT molecular complexity index is 316. The molecule has 0 atom stereocenters. The summed E-state index contributed by atoms with van der Waals surface area (Å²) in [5.74, 6) is 0. The minimum Gasteiger partial charge on any atom is -0.383 e.